The lowest BCUT2D eigenvalue weighted by Gasteiger charge is -2.27. The van der Waals surface area contributed by atoms with Crippen molar-refractivity contribution in [2.45, 2.75) is 57.8 Å². The highest BCUT2D eigenvalue weighted by atomic mass is 19.1. The monoisotopic (exact) mass is 260 g/mol. The Kier molecular flexibility index (Phi) is 5.62. The zero-order chi connectivity index (χ0) is 13.5. The Morgan fingerprint density at radius 2 is 1.79 bits per heavy atom. The minimum atomic E-state index is 0.463. The van der Waals surface area contributed by atoms with Gasteiger partial charge in [0.05, 0.1) is 6.33 Å². The molecule has 1 saturated carbocycles. The van der Waals surface area contributed by atoms with E-state index in [1.807, 2.05) is 0 Å². The fraction of sp³-hybridized carbons (Fsp3) is 0.556. The number of rotatable bonds is 5. The number of hydrogen-bond acceptors (Lipinski definition) is 0. The van der Waals surface area contributed by atoms with E-state index in [-0.39, 0.29) is 0 Å². The van der Waals surface area contributed by atoms with Crippen LogP contribution in [0, 0.1) is 5.92 Å². The van der Waals surface area contributed by atoms with Crippen LogP contribution < -0.4 is 0 Å². The van der Waals surface area contributed by atoms with Gasteiger partial charge < -0.3 is 0 Å². The third-order valence-electron chi connectivity index (χ3n) is 4.39. The quantitative estimate of drug-likeness (QED) is 0.629. The van der Waals surface area contributed by atoms with Crippen LogP contribution >= 0.6 is 0 Å². The zero-order valence-electron chi connectivity index (χ0n) is 11.9. The van der Waals surface area contributed by atoms with Crippen LogP contribution in [0.15, 0.2) is 36.7 Å². The van der Waals surface area contributed by atoms with Gasteiger partial charge in [0.1, 0.15) is 0 Å². The predicted molar refractivity (Wildman–Crippen MR) is 80.0 cm³/mol. The maximum Gasteiger partial charge on any atom is 0.0829 e. The lowest BCUT2D eigenvalue weighted by Crippen LogP contribution is -2.11. The molecule has 0 nitrogen and oxygen atoms in total. The Morgan fingerprint density at radius 1 is 1.11 bits per heavy atom. The molecule has 0 saturated heterocycles. The number of allylic oxidation sites excluding steroid dienone is 1. The molecule has 1 heteroatoms. The summed E-state index contributed by atoms with van der Waals surface area (Å²) in [6, 6.07) is 9.19. The van der Waals surface area contributed by atoms with E-state index in [1.165, 1.54) is 43.2 Å². The first-order valence-electron chi connectivity index (χ1n) is 7.69. The van der Waals surface area contributed by atoms with Gasteiger partial charge in [-0.3, -0.25) is 0 Å². The van der Waals surface area contributed by atoms with Crippen molar-refractivity contribution in [3.05, 3.63) is 47.8 Å². The maximum atomic E-state index is 12.2. The Balaban J connectivity index is 1.89. The highest BCUT2D eigenvalue weighted by Crippen LogP contribution is 2.36. The molecule has 0 atom stereocenters. The second kappa shape index (κ2) is 7.47. The number of hydrogen-bond donors (Lipinski definition) is 0. The van der Waals surface area contributed by atoms with Crippen LogP contribution in [-0.4, -0.2) is 0 Å². The summed E-state index contributed by atoms with van der Waals surface area (Å²) < 4.78 is 12.2. The summed E-state index contributed by atoms with van der Waals surface area (Å²) in [5.74, 6) is 1.15. The van der Waals surface area contributed by atoms with E-state index < -0.39 is 0 Å². The second-order valence-electron chi connectivity index (χ2n) is 5.78. The minimum absolute atomic E-state index is 0.463. The van der Waals surface area contributed by atoms with Crippen molar-refractivity contribution in [1.29, 1.82) is 0 Å². The van der Waals surface area contributed by atoms with Crippen molar-refractivity contribution in [3.8, 4) is 0 Å². The molecule has 19 heavy (non-hydrogen) atoms. The van der Waals surface area contributed by atoms with Crippen molar-refractivity contribution < 1.29 is 4.39 Å². The molecule has 0 heterocycles. The molecule has 0 amide bonds. The van der Waals surface area contributed by atoms with Crippen molar-refractivity contribution in [2.75, 3.05) is 0 Å². The number of unbranched alkanes of at least 4 members (excludes halogenated alkanes) is 1. The van der Waals surface area contributed by atoms with Gasteiger partial charge in [-0.2, -0.15) is 0 Å². The molecule has 1 aromatic carbocycles. The highest BCUT2D eigenvalue weighted by molar-refractivity contribution is 5.26. The summed E-state index contributed by atoms with van der Waals surface area (Å²) in [5, 5.41) is 0. The van der Waals surface area contributed by atoms with E-state index >= 15 is 0 Å². The molecule has 1 aliphatic rings. The Hall–Kier alpha value is -1.11. The van der Waals surface area contributed by atoms with Crippen LogP contribution in [0.4, 0.5) is 4.39 Å². The van der Waals surface area contributed by atoms with Gasteiger partial charge in [-0.1, -0.05) is 43.7 Å². The lowest BCUT2D eigenvalue weighted by molar-refractivity contribution is 0.373. The third-order valence-corrected chi connectivity index (χ3v) is 4.39. The molecular formula is C18H25F. The van der Waals surface area contributed by atoms with Crippen LogP contribution in [0.5, 0.6) is 0 Å². The second-order valence-corrected chi connectivity index (χ2v) is 5.78. The van der Waals surface area contributed by atoms with Crippen LogP contribution in [0.2, 0.25) is 0 Å². The summed E-state index contributed by atoms with van der Waals surface area (Å²) in [6.07, 6.45) is 10.8. The first-order valence-corrected chi connectivity index (χ1v) is 7.69. The fourth-order valence-corrected chi connectivity index (χ4v) is 3.09. The lowest BCUT2D eigenvalue weighted by atomic mass is 9.78. The minimum Gasteiger partial charge on any atom is -0.216 e. The van der Waals surface area contributed by atoms with E-state index in [2.05, 4.69) is 31.2 Å². The van der Waals surface area contributed by atoms with E-state index in [9.17, 15) is 4.39 Å². The summed E-state index contributed by atoms with van der Waals surface area (Å²) in [5.41, 5.74) is 2.93. The van der Waals surface area contributed by atoms with Gasteiger partial charge in [0.15, 0.2) is 0 Å². The Bertz CT molecular complexity index is 383. The SMILES string of the molecule is CCCCc1ccc([C@H]2CC[C@H](C=CF)CC2)cc1. The van der Waals surface area contributed by atoms with Crippen LogP contribution in [-0.2, 0) is 6.42 Å². The third kappa shape index (κ3) is 4.19. The van der Waals surface area contributed by atoms with Gasteiger partial charge in [-0.15, -0.1) is 0 Å². The Labute approximate surface area is 116 Å². The molecule has 0 aromatic heterocycles. The predicted octanol–water partition coefficient (Wildman–Crippen LogP) is 5.79. The van der Waals surface area contributed by atoms with Gasteiger partial charge in [0.25, 0.3) is 0 Å². The molecule has 0 radical (unpaired) electrons. The molecule has 1 aromatic rings. The fourth-order valence-electron chi connectivity index (χ4n) is 3.09. The summed E-state index contributed by atoms with van der Waals surface area (Å²) in [6.45, 7) is 2.23. The first kappa shape index (κ1) is 14.3. The molecule has 0 spiro atoms. The van der Waals surface area contributed by atoms with Gasteiger partial charge in [-0.05, 0) is 61.5 Å². The largest absolute Gasteiger partial charge is 0.216 e. The molecule has 0 N–H and O–H groups in total. The molecular weight excluding hydrogens is 235 g/mol. The van der Waals surface area contributed by atoms with E-state index in [1.54, 1.807) is 6.08 Å². The van der Waals surface area contributed by atoms with Gasteiger partial charge in [0, 0.05) is 0 Å². The van der Waals surface area contributed by atoms with Gasteiger partial charge in [-0.25, -0.2) is 4.39 Å². The molecule has 0 aliphatic heterocycles. The number of aryl methyl sites for hydroxylation is 1. The van der Waals surface area contributed by atoms with Crippen molar-refractivity contribution in [1.82, 2.24) is 0 Å². The topological polar surface area (TPSA) is 0 Å². The number of benzene rings is 1. The average molecular weight is 260 g/mol. The normalized spacial score (nSPS) is 23.9. The summed E-state index contributed by atoms with van der Waals surface area (Å²) in [7, 11) is 0. The molecule has 0 bridgehead atoms. The summed E-state index contributed by atoms with van der Waals surface area (Å²) in [4.78, 5) is 0. The maximum absolute atomic E-state index is 12.2. The van der Waals surface area contributed by atoms with Crippen molar-refractivity contribution >= 4 is 0 Å². The smallest absolute Gasteiger partial charge is 0.0829 e. The summed E-state index contributed by atoms with van der Waals surface area (Å²) >= 11 is 0. The van der Waals surface area contributed by atoms with E-state index in [0.29, 0.717) is 18.2 Å². The van der Waals surface area contributed by atoms with Crippen LogP contribution in [0.25, 0.3) is 0 Å². The molecule has 0 unspecified atom stereocenters. The van der Waals surface area contributed by atoms with Crippen LogP contribution in [0.3, 0.4) is 0 Å². The first-order chi connectivity index (χ1) is 9.33. The highest BCUT2D eigenvalue weighted by Gasteiger charge is 2.20. The van der Waals surface area contributed by atoms with Gasteiger partial charge >= 0.3 is 0 Å². The molecule has 1 aliphatic carbocycles. The van der Waals surface area contributed by atoms with Crippen molar-refractivity contribution in [3.63, 3.8) is 0 Å². The zero-order valence-corrected chi connectivity index (χ0v) is 11.9. The molecule has 2 rings (SSSR count). The average Bonchev–Trinajstić information content (AvgIpc) is 2.47. The molecule has 1 fully saturated rings. The Morgan fingerprint density at radius 3 is 2.37 bits per heavy atom. The van der Waals surface area contributed by atoms with E-state index in [0.717, 1.165) is 12.8 Å². The number of halogens is 1. The standard InChI is InChI=1S/C18H25F/c1-2-3-4-15-5-9-17(10-6-15)18-11-7-16(8-12-18)13-14-19/h5-6,9-10,13-14,16,18H,2-4,7-8,11-12H2,1H3/t16-,18-. The molecule has 104 valence electrons. The van der Waals surface area contributed by atoms with Crippen molar-refractivity contribution in [2.24, 2.45) is 5.92 Å². The van der Waals surface area contributed by atoms with Gasteiger partial charge in [0.2, 0.25) is 0 Å². The van der Waals surface area contributed by atoms with E-state index in [4.69, 9.17) is 0 Å². The van der Waals surface area contributed by atoms with Crippen LogP contribution in [0.1, 0.15) is 62.5 Å².